The Balaban J connectivity index is 1.75. The van der Waals surface area contributed by atoms with Gasteiger partial charge in [-0.15, -0.1) is 0 Å². The lowest BCUT2D eigenvalue weighted by molar-refractivity contribution is -0.146. The van der Waals surface area contributed by atoms with Gasteiger partial charge in [0.1, 0.15) is 12.6 Å². The van der Waals surface area contributed by atoms with Gasteiger partial charge in [0.2, 0.25) is 5.91 Å². The molecule has 1 amide bonds. The molecule has 0 fully saturated rings. The molecule has 2 aromatic rings. The van der Waals surface area contributed by atoms with Gasteiger partial charge in [0.05, 0.1) is 19.3 Å². The van der Waals surface area contributed by atoms with Crippen molar-refractivity contribution in [2.45, 2.75) is 44.5 Å². The molecule has 2 atom stereocenters. The molecule has 1 N–H and O–H groups in total. The van der Waals surface area contributed by atoms with Gasteiger partial charge in [0, 0.05) is 17.2 Å². The number of nitrogens with one attached hydrogen (secondary N) is 1. The summed E-state index contributed by atoms with van der Waals surface area (Å²) < 4.78 is 10.4. The van der Waals surface area contributed by atoms with Crippen LogP contribution in [-0.4, -0.2) is 55.4 Å². The lowest BCUT2D eigenvalue weighted by atomic mass is 10.1. The minimum Gasteiger partial charge on any atom is -0.465 e. The zero-order valence-corrected chi connectivity index (χ0v) is 20.5. The van der Waals surface area contributed by atoms with Gasteiger partial charge in [-0.3, -0.25) is 24.6 Å². The average molecular weight is 485 g/mol. The lowest BCUT2D eigenvalue weighted by Crippen LogP contribution is -2.53. The van der Waals surface area contributed by atoms with Gasteiger partial charge in [0.15, 0.2) is 0 Å². The lowest BCUT2D eigenvalue weighted by Gasteiger charge is -2.27. The van der Waals surface area contributed by atoms with E-state index in [2.05, 4.69) is 5.32 Å². The number of para-hydroxylation sites is 1. The van der Waals surface area contributed by atoms with E-state index in [4.69, 9.17) is 9.47 Å². The maximum atomic E-state index is 13.6. The number of aryl methyl sites for hydroxylation is 1. The molecule has 1 unspecified atom stereocenters. The van der Waals surface area contributed by atoms with Gasteiger partial charge in [-0.05, 0) is 43.9 Å². The van der Waals surface area contributed by atoms with Gasteiger partial charge in [-0.25, -0.2) is 0 Å². The highest BCUT2D eigenvalue weighted by Gasteiger charge is 2.34. The van der Waals surface area contributed by atoms with Crippen molar-refractivity contribution >= 4 is 35.3 Å². The van der Waals surface area contributed by atoms with Crippen molar-refractivity contribution in [1.82, 2.24) is 5.32 Å². The van der Waals surface area contributed by atoms with Crippen LogP contribution in [0.15, 0.2) is 54.6 Å². The second-order valence-electron chi connectivity index (χ2n) is 7.92. The fraction of sp³-hybridized carbons (Fsp3) is 0.423. The van der Waals surface area contributed by atoms with Crippen LogP contribution in [0.5, 0.6) is 0 Å². The Morgan fingerprint density at radius 2 is 1.76 bits per heavy atom. The molecular weight excluding hydrogens is 452 g/mol. The van der Waals surface area contributed by atoms with Gasteiger partial charge >= 0.3 is 11.9 Å². The summed E-state index contributed by atoms with van der Waals surface area (Å²) in [6, 6.07) is 16.3. The molecule has 1 aliphatic rings. The van der Waals surface area contributed by atoms with Gasteiger partial charge in [-0.1, -0.05) is 48.5 Å². The van der Waals surface area contributed by atoms with Crippen LogP contribution in [0.25, 0.3) is 0 Å². The fourth-order valence-corrected chi connectivity index (χ4v) is 4.92. The fourth-order valence-electron chi connectivity index (χ4n) is 3.91. The van der Waals surface area contributed by atoms with Crippen molar-refractivity contribution in [2.24, 2.45) is 0 Å². The second kappa shape index (κ2) is 13.2. The molecule has 8 heteroatoms. The quantitative estimate of drug-likeness (QED) is 0.490. The zero-order valence-electron chi connectivity index (χ0n) is 19.7. The van der Waals surface area contributed by atoms with Crippen molar-refractivity contribution < 1.29 is 23.9 Å². The normalized spacial score (nSPS) is 16.4. The SMILES string of the molecule is CCOC(=O)CN1C(=O)C(N[C@@H](CSCc2ccccc2)C(=O)OCC)CCc2ccccc21. The number of rotatable bonds is 11. The Hall–Kier alpha value is -2.84. The highest BCUT2D eigenvalue weighted by atomic mass is 32.2. The zero-order chi connectivity index (χ0) is 24.3. The van der Waals surface area contributed by atoms with Crippen molar-refractivity contribution in [3.63, 3.8) is 0 Å². The smallest absolute Gasteiger partial charge is 0.326 e. The largest absolute Gasteiger partial charge is 0.465 e. The Morgan fingerprint density at radius 1 is 1.06 bits per heavy atom. The molecule has 0 aromatic heterocycles. The topological polar surface area (TPSA) is 84.9 Å². The Labute approximate surface area is 205 Å². The average Bonchev–Trinajstić information content (AvgIpc) is 2.96. The Kier molecular flexibility index (Phi) is 9.97. The number of anilines is 1. The molecule has 1 aliphatic heterocycles. The Bertz CT molecular complexity index is 969. The number of hydrogen-bond acceptors (Lipinski definition) is 7. The summed E-state index contributed by atoms with van der Waals surface area (Å²) in [7, 11) is 0. The van der Waals surface area contributed by atoms with Crippen LogP contribution in [0.2, 0.25) is 0 Å². The monoisotopic (exact) mass is 484 g/mol. The first-order valence-electron chi connectivity index (χ1n) is 11.6. The molecule has 3 rings (SSSR count). The van der Waals surface area contributed by atoms with Crippen LogP contribution in [0.1, 0.15) is 31.4 Å². The standard InChI is InChI=1S/C26H32N2O5S/c1-3-32-24(29)16-28-23-13-9-8-12-20(23)14-15-21(25(28)30)27-22(26(31)33-4-2)18-34-17-19-10-6-5-7-11-19/h5-13,21-22,27H,3-4,14-18H2,1-2H3/t21?,22-/m0/s1. The summed E-state index contributed by atoms with van der Waals surface area (Å²) >= 11 is 1.61. The number of carbonyl (C=O) groups excluding carboxylic acids is 3. The molecule has 1 heterocycles. The molecule has 0 aliphatic carbocycles. The number of benzene rings is 2. The van der Waals surface area contributed by atoms with E-state index in [1.165, 1.54) is 4.90 Å². The molecule has 0 radical (unpaired) electrons. The molecule has 7 nitrogen and oxygen atoms in total. The van der Waals surface area contributed by atoms with E-state index < -0.39 is 18.1 Å². The van der Waals surface area contributed by atoms with Crippen LogP contribution in [-0.2, 0) is 36.0 Å². The van der Waals surface area contributed by atoms with E-state index in [0.717, 1.165) is 16.9 Å². The summed E-state index contributed by atoms with van der Waals surface area (Å²) in [5.41, 5.74) is 2.85. The summed E-state index contributed by atoms with van der Waals surface area (Å²) in [4.78, 5) is 40.0. The summed E-state index contributed by atoms with van der Waals surface area (Å²) in [5, 5.41) is 3.25. The van der Waals surface area contributed by atoms with Crippen molar-refractivity contribution in [1.29, 1.82) is 0 Å². The second-order valence-corrected chi connectivity index (χ2v) is 8.95. The van der Waals surface area contributed by atoms with E-state index >= 15 is 0 Å². The number of ether oxygens (including phenoxy) is 2. The summed E-state index contributed by atoms with van der Waals surface area (Å²) in [6.45, 7) is 3.83. The molecule has 0 saturated carbocycles. The summed E-state index contributed by atoms with van der Waals surface area (Å²) in [5.74, 6) is 0.112. The number of nitrogens with zero attached hydrogens (tertiary/aromatic N) is 1. The predicted molar refractivity (Wildman–Crippen MR) is 134 cm³/mol. The van der Waals surface area contributed by atoms with E-state index in [0.29, 0.717) is 24.3 Å². The Morgan fingerprint density at radius 3 is 2.50 bits per heavy atom. The van der Waals surface area contributed by atoms with E-state index in [-0.39, 0.29) is 31.6 Å². The van der Waals surface area contributed by atoms with E-state index in [1.54, 1.807) is 25.6 Å². The van der Waals surface area contributed by atoms with Crippen molar-refractivity contribution in [2.75, 3.05) is 30.4 Å². The van der Waals surface area contributed by atoms with Crippen LogP contribution >= 0.6 is 11.8 Å². The van der Waals surface area contributed by atoms with Crippen LogP contribution < -0.4 is 10.2 Å². The molecule has 2 aromatic carbocycles. The van der Waals surface area contributed by atoms with Gasteiger partial charge < -0.3 is 9.47 Å². The minimum atomic E-state index is -0.645. The third-order valence-electron chi connectivity index (χ3n) is 5.51. The van der Waals surface area contributed by atoms with Crippen LogP contribution in [0.3, 0.4) is 0 Å². The number of thioether (sulfide) groups is 1. The van der Waals surface area contributed by atoms with Crippen LogP contribution in [0, 0.1) is 0 Å². The first-order valence-corrected chi connectivity index (χ1v) is 12.8. The van der Waals surface area contributed by atoms with E-state index in [1.807, 2.05) is 54.6 Å². The third kappa shape index (κ3) is 7.08. The van der Waals surface area contributed by atoms with Crippen molar-refractivity contribution in [3.05, 3.63) is 65.7 Å². The highest BCUT2D eigenvalue weighted by Crippen LogP contribution is 2.27. The predicted octanol–water partition coefficient (Wildman–Crippen LogP) is 3.35. The highest BCUT2D eigenvalue weighted by molar-refractivity contribution is 7.98. The number of esters is 2. The maximum absolute atomic E-state index is 13.6. The molecule has 0 saturated heterocycles. The number of fused-ring (bicyclic) bond motifs is 1. The molecule has 0 spiro atoms. The number of carbonyl (C=O) groups is 3. The molecular formula is C26H32N2O5S. The van der Waals surface area contributed by atoms with E-state index in [9.17, 15) is 14.4 Å². The van der Waals surface area contributed by atoms with Gasteiger partial charge in [0.25, 0.3) is 0 Å². The maximum Gasteiger partial charge on any atom is 0.326 e. The summed E-state index contributed by atoms with van der Waals surface area (Å²) in [6.07, 6.45) is 1.15. The minimum absolute atomic E-state index is 0.172. The third-order valence-corrected chi connectivity index (χ3v) is 6.62. The van der Waals surface area contributed by atoms with Crippen molar-refractivity contribution in [3.8, 4) is 0 Å². The number of hydrogen-bond donors (Lipinski definition) is 1. The van der Waals surface area contributed by atoms with Crippen LogP contribution in [0.4, 0.5) is 5.69 Å². The van der Waals surface area contributed by atoms with Gasteiger partial charge in [-0.2, -0.15) is 11.8 Å². The molecule has 0 bridgehead atoms. The number of amides is 1. The molecule has 182 valence electrons. The first kappa shape index (κ1) is 25.8. The molecule has 34 heavy (non-hydrogen) atoms. The first-order chi connectivity index (χ1) is 16.5.